The lowest BCUT2D eigenvalue weighted by atomic mass is 10.2. The minimum atomic E-state index is -0.567. The third-order valence-corrected chi connectivity index (χ3v) is 3.72. The van der Waals surface area contributed by atoms with Crippen LogP contribution in [0.4, 0.5) is 11.4 Å². The third-order valence-electron chi connectivity index (χ3n) is 3.31. The van der Waals surface area contributed by atoms with Crippen LogP contribution in [0.3, 0.4) is 0 Å². The minimum Gasteiger partial charge on any atom is -0.494 e. The van der Waals surface area contributed by atoms with Crippen molar-refractivity contribution in [3.63, 3.8) is 0 Å². The first-order valence-corrected chi connectivity index (χ1v) is 8.17. The molecule has 0 bridgehead atoms. The first-order chi connectivity index (χ1) is 11.5. The van der Waals surface area contributed by atoms with E-state index >= 15 is 0 Å². The number of aromatic nitrogens is 2. The van der Waals surface area contributed by atoms with Crippen LogP contribution < -0.4 is 10.1 Å². The Bertz CT molecular complexity index is 747. The molecule has 1 aromatic carbocycles. The Labute approximate surface area is 147 Å². The highest BCUT2D eigenvalue weighted by Gasteiger charge is 2.23. The van der Waals surface area contributed by atoms with Gasteiger partial charge in [-0.3, -0.25) is 19.6 Å². The zero-order valence-corrected chi connectivity index (χ0v) is 14.8. The van der Waals surface area contributed by atoms with Gasteiger partial charge in [-0.15, -0.1) is 0 Å². The van der Waals surface area contributed by atoms with Gasteiger partial charge < -0.3 is 10.1 Å². The molecule has 24 heavy (non-hydrogen) atoms. The first-order valence-electron chi connectivity index (χ1n) is 7.38. The topological polar surface area (TPSA) is 99.3 Å². The van der Waals surface area contributed by atoms with E-state index in [4.69, 9.17) is 4.74 Å². The lowest BCUT2D eigenvalue weighted by Gasteiger charge is -2.16. The average molecular weight is 397 g/mol. The highest BCUT2D eigenvalue weighted by atomic mass is 79.9. The largest absolute Gasteiger partial charge is 0.494 e. The lowest BCUT2D eigenvalue weighted by molar-refractivity contribution is -0.384. The van der Waals surface area contributed by atoms with Gasteiger partial charge in [0.25, 0.3) is 5.69 Å². The van der Waals surface area contributed by atoms with E-state index in [1.54, 1.807) is 25.4 Å². The molecule has 1 unspecified atom stereocenters. The number of hydrogen-bond acceptors (Lipinski definition) is 5. The molecule has 0 fully saturated rings. The van der Waals surface area contributed by atoms with E-state index in [-0.39, 0.29) is 17.3 Å². The molecular weight excluding hydrogens is 380 g/mol. The van der Waals surface area contributed by atoms with Gasteiger partial charge in [0.05, 0.1) is 28.3 Å². The molecule has 2 rings (SSSR count). The maximum Gasteiger partial charge on any atom is 0.296 e. The zero-order chi connectivity index (χ0) is 17.7. The van der Waals surface area contributed by atoms with Gasteiger partial charge in [-0.1, -0.05) is 6.92 Å². The molecule has 1 amide bonds. The number of carbonyl (C=O) groups excluding carboxylic acids is 1. The zero-order valence-electron chi connectivity index (χ0n) is 13.2. The Morgan fingerprint density at radius 1 is 1.50 bits per heavy atom. The number of benzene rings is 1. The van der Waals surface area contributed by atoms with Crippen LogP contribution in [0, 0.1) is 10.1 Å². The molecular formula is C15H17BrN4O4. The molecule has 9 heteroatoms. The van der Waals surface area contributed by atoms with Crippen molar-refractivity contribution in [3.8, 4) is 5.75 Å². The van der Waals surface area contributed by atoms with Crippen molar-refractivity contribution < 1.29 is 14.5 Å². The Hall–Kier alpha value is -2.42. The predicted octanol–water partition coefficient (Wildman–Crippen LogP) is 3.54. The summed E-state index contributed by atoms with van der Waals surface area (Å²) in [5, 5.41) is 18.0. The second kappa shape index (κ2) is 7.91. The molecule has 1 aromatic heterocycles. The number of nitrogens with one attached hydrogen (secondary N) is 1. The predicted molar refractivity (Wildman–Crippen MR) is 92.2 cm³/mol. The van der Waals surface area contributed by atoms with E-state index in [9.17, 15) is 14.9 Å². The van der Waals surface area contributed by atoms with Crippen LogP contribution in [0.2, 0.25) is 0 Å². The molecule has 128 valence electrons. The molecule has 1 N–H and O–H groups in total. The number of nitrogens with zero attached hydrogens (tertiary/aromatic N) is 3. The number of ether oxygens (including phenoxy) is 1. The van der Waals surface area contributed by atoms with Crippen LogP contribution in [0.1, 0.15) is 26.3 Å². The fraction of sp³-hybridized carbons (Fsp3) is 0.333. The van der Waals surface area contributed by atoms with Gasteiger partial charge in [-0.25, -0.2) is 0 Å². The number of nitro groups is 1. The van der Waals surface area contributed by atoms with Crippen LogP contribution in [-0.4, -0.2) is 27.2 Å². The summed E-state index contributed by atoms with van der Waals surface area (Å²) in [7, 11) is 0. The summed E-state index contributed by atoms with van der Waals surface area (Å²) in [6.45, 7) is 4.02. The highest BCUT2D eigenvalue weighted by molar-refractivity contribution is 9.10. The Morgan fingerprint density at radius 3 is 2.79 bits per heavy atom. The number of amides is 1. The van der Waals surface area contributed by atoms with Crippen LogP contribution in [0.25, 0.3) is 0 Å². The van der Waals surface area contributed by atoms with E-state index in [2.05, 4.69) is 26.3 Å². The minimum absolute atomic E-state index is 0.123. The molecule has 1 atom stereocenters. The monoisotopic (exact) mass is 396 g/mol. The van der Waals surface area contributed by atoms with Crippen LogP contribution in [-0.2, 0) is 4.79 Å². The van der Waals surface area contributed by atoms with E-state index in [0.29, 0.717) is 18.8 Å². The summed E-state index contributed by atoms with van der Waals surface area (Å²) >= 11 is 3.28. The average Bonchev–Trinajstić information content (AvgIpc) is 2.95. The van der Waals surface area contributed by atoms with Gasteiger partial charge in [-0.2, -0.15) is 5.10 Å². The van der Waals surface area contributed by atoms with Gasteiger partial charge in [0.2, 0.25) is 5.91 Å². The van der Waals surface area contributed by atoms with Crippen LogP contribution in [0.5, 0.6) is 5.75 Å². The van der Waals surface area contributed by atoms with Crippen molar-refractivity contribution >= 4 is 33.2 Å². The summed E-state index contributed by atoms with van der Waals surface area (Å²) < 4.78 is 7.53. The molecule has 0 aliphatic rings. The standard InChI is InChI=1S/C15H17BrN4O4/c1-3-13(19-9-10(16)8-17-19)15(21)18-12-6-5-11(24-4-2)7-14(12)20(22)23/h5-9,13H,3-4H2,1-2H3,(H,18,21). The summed E-state index contributed by atoms with van der Waals surface area (Å²) in [5.74, 6) is 0.00519. The molecule has 0 aliphatic heterocycles. The number of rotatable bonds is 7. The number of carbonyl (C=O) groups is 1. The molecule has 1 heterocycles. The first kappa shape index (κ1) is 17.9. The summed E-state index contributed by atoms with van der Waals surface area (Å²) in [6.07, 6.45) is 3.75. The molecule has 0 radical (unpaired) electrons. The maximum atomic E-state index is 12.5. The van der Waals surface area contributed by atoms with Gasteiger partial charge in [0, 0.05) is 6.20 Å². The van der Waals surface area contributed by atoms with Crippen LogP contribution >= 0.6 is 15.9 Å². The summed E-state index contributed by atoms with van der Waals surface area (Å²) in [5.41, 5.74) is -0.0936. The second-order valence-corrected chi connectivity index (χ2v) is 5.84. The van der Waals surface area contributed by atoms with Crippen molar-refractivity contribution in [2.24, 2.45) is 0 Å². The molecule has 0 aliphatic carbocycles. The van der Waals surface area contributed by atoms with Gasteiger partial charge in [0.1, 0.15) is 17.5 Å². The Morgan fingerprint density at radius 2 is 2.25 bits per heavy atom. The summed E-state index contributed by atoms with van der Waals surface area (Å²) in [4.78, 5) is 23.2. The fourth-order valence-corrected chi connectivity index (χ4v) is 2.52. The van der Waals surface area contributed by atoms with Crippen molar-refractivity contribution in [2.45, 2.75) is 26.3 Å². The Kier molecular flexibility index (Phi) is 5.91. The SMILES string of the molecule is CCOc1ccc(NC(=O)C(CC)n2cc(Br)cn2)c([N+](=O)[O-])c1. The van der Waals surface area contributed by atoms with Crippen molar-refractivity contribution in [2.75, 3.05) is 11.9 Å². The molecule has 8 nitrogen and oxygen atoms in total. The smallest absolute Gasteiger partial charge is 0.296 e. The molecule has 0 saturated heterocycles. The second-order valence-electron chi connectivity index (χ2n) is 4.92. The Balaban J connectivity index is 2.25. The van der Waals surface area contributed by atoms with Gasteiger partial charge >= 0.3 is 0 Å². The van der Waals surface area contributed by atoms with Crippen molar-refractivity contribution in [3.05, 3.63) is 45.2 Å². The number of halogens is 1. The van der Waals surface area contributed by atoms with E-state index < -0.39 is 11.0 Å². The van der Waals surface area contributed by atoms with E-state index in [0.717, 1.165) is 4.47 Å². The quantitative estimate of drug-likeness (QED) is 0.569. The fourth-order valence-electron chi connectivity index (χ4n) is 2.22. The summed E-state index contributed by atoms with van der Waals surface area (Å²) in [6, 6.07) is 3.77. The number of hydrogen-bond donors (Lipinski definition) is 1. The molecule has 0 spiro atoms. The van der Waals surface area contributed by atoms with Crippen molar-refractivity contribution in [1.82, 2.24) is 9.78 Å². The van der Waals surface area contributed by atoms with Crippen molar-refractivity contribution in [1.29, 1.82) is 0 Å². The molecule has 0 saturated carbocycles. The van der Waals surface area contributed by atoms with Gasteiger partial charge in [0.15, 0.2) is 0 Å². The van der Waals surface area contributed by atoms with E-state index in [1.807, 2.05) is 6.92 Å². The molecule has 2 aromatic rings. The third kappa shape index (κ3) is 4.10. The lowest BCUT2D eigenvalue weighted by Crippen LogP contribution is -2.26. The normalized spacial score (nSPS) is 11.8. The highest BCUT2D eigenvalue weighted by Crippen LogP contribution is 2.30. The van der Waals surface area contributed by atoms with E-state index in [1.165, 1.54) is 16.8 Å². The number of anilines is 1. The van der Waals surface area contributed by atoms with Gasteiger partial charge in [-0.05, 0) is 41.4 Å². The maximum absolute atomic E-state index is 12.5. The number of nitro benzene ring substituents is 1. The van der Waals surface area contributed by atoms with Crippen LogP contribution in [0.15, 0.2) is 35.1 Å².